The molecule has 3 aromatic rings. The van der Waals surface area contributed by atoms with Gasteiger partial charge in [0.1, 0.15) is 4.90 Å². The lowest BCUT2D eigenvalue weighted by Gasteiger charge is -2.50. The number of imide groups is 1. The molecular formula is C23H18ClN3O4S. The van der Waals surface area contributed by atoms with Crippen LogP contribution in [0.2, 0.25) is 5.02 Å². The Hall–Kier alpha value is -3.17. The number of hydrogen-bond donors (Lipinski definition) is 2. The Morgan fingerprint density at radius 2 is 1.56 bits per heavy atom. The number of pyridine rings is 1. The van der Waals surface area contributed by atoms with Crippen molar-refractivity contribution in [3.63, 3.8) is 0 Å². The molecule has 2 amide bonds. The van der Waals surface area contributed by atoms with Crippen LogP contribution in [-0.4, -0.2) is 36.8 Å². The molecule has 2 aromatic carbocycles. The van der Waals surface area contributed by atoms with Crippen LogP contribution in [0.3, 0.4) is 0 Å². The van der Waals surface area contributed by atoms with Crippen molar-refractivity contribution in [3.8, 4) is 0 Å². The smallest absolute Gasteiger partial charge is 0.262 e. The summed E-state index contributed by atoms with van der Waals surface area (Å²) >= 11 is 6.35. The van der Waals surface area contributed by atoms with Gasteiger partial charge in [0.2, 0.25) is 0 Å². The third-order valence-corrected chi connectivity index (χ3v) is 7.96. The van der Waals surface area contributed by atoms with Gasteiger partial charge in [0.05, 0.1) is 33.6 Å². The second-order valence-electron chi connectivity index (χ2n) is 7.45. The predicted molar refractivity (Wildman–Crippen MR) is 124 cm³/mol. The van der Waals surface area contributed by atoms with E-state index in [2.05, 4.69) is 4.98 Å². The number of amides is 2. The molecule has 2 aliphatic heterocycles. The molecule has 0 fully saturated rings. The van der Waals surface area contributed by atoms with Crippen molar-refractivity contribution in [2.45, 2.75) is 17.9 Å². The summed E-state index contributed by atoms with van der Waals surface area (Å²) in [6.45, 7) is 1.69. The Bertz CT molecular complexity index is 1260. The van der Waals surface area contributed by atoms with Crippen LogP contribution < -0.4 is 4.31 Å². The number of carbonyl (C=O) groups excluding carboxylic acids is 2. The standard InChI is InChI=1S/C23H18ClN3O4S/c1-14(26-22(28)17-6-2-3-7-18(17)23(26)29)20-13-15-5-4-8-19(24)21(15)32(30,31)27(20)16-9-11-25-12-10-16/h2-14,30-31H,1H3. The topological polar surface area (TPSA) is 94.0 Å². The largest absolute Gasteiger partial charge is 0.277 e. The molecule has 0 saturated heterocycles. The number of benzene rings is 2. The SMILES string of the molecule is CC(C1=Cc2cccc(Cl)c2S(O)(O)N1c1ccncc1)N1C(=O)c2ccccc2C1=O. The molecule has 32 heavy (non-hydrogen) atoms. The first kappa shape index (κ1) is 20.7. The molecule has 1 atom stereocenters. The lowest BCUT2D eigenvalue weighted by molar-refractivity contribution is 0.0618. The summed E-state index contributed by atoms with van der Waals surface area (Å²) in [7, 11) is -3.64. The molecule has 2 N–H and O–H groups in total. The number of hydrogen-bond acceptors (Lipinski definition) is 6. The second kappa shape index (κ2) is 7.46. The molecule has 3 heterocycles. The van der Waals surface area contributed by atoms with Gasteiger partial charge in [0.25, 0.3) is 11.8 Å². The van der Waals surface area contributed by atoms with E-state index < -0.39 is 28.6 Å². The summed E-state index contributed by atoms with van der Waals surface area (Å²) in [5.41, 5.74) is 1.99. The van der Waals surface area contributed by atoms with Crippen LogP contribution in [-0.2, 0) is 0 Å². The van der Waals surface area contributed by atoms with Crippen LogP contribution in [0.1, 0.15) is 33.2 Å². The average Bonchev–Trinajstić information content (AvgIpc) is 3.03. The van der Waals surface area contributed by atoms with E-state index in [0.29, 0.717) is 28.1 Å². The van der Waals surface area contributed by atoms with Crippen molar-refractivity contribution in [2.75, 3.05) is 4.31 Å². The minimum Gasteiger partial charge on any atom is -0.277 e. The van der Waals surface area contributed by atoms with E-state index in [9.17, 15) is 18.7 Å². The highest BCUT2D eigenvalue weighted by Crippen LogP contribution is 2.62. The van der Waals surface area contributed by atoms with E-state index in [1.807, 2.05) is 0 Å². The maximum absolute atomic E-state index is 13.1. The lowest BCUT2D eigenvalue weighted by Crippen LogP contribution is -2.45. The molecule has 0 aliphatic carbocycles. The van der Waals surface area contributed by atoms with Crippen molar-refractivity contribution in [1.29, 1.82) is 0 Å². The molecule has 2 aliphatic rings. The average molecular weight is 468 g/mol. The zero-order chi connectivity index (χ0) is 22.6. The number of nitrogens with zero attached hydrogens (tertiary/aromatic N) is 3. The fraction of sp³-hybridized carbons (Fsp3) is 0.0870. The van der Waals surface area contributed by atoms with E-state index in [1.54, 1.807) is 67.6 Å². The Labute approximate surface area is 191 Å². The molecule has 0 radical (unpaired) electrons. The Kier molecular flexibility index (Phi) is 4.83. The molecule has 5 rings (SSSR count). The number of rotatable bonds is 3. The van der Waals surface area contributed by atoms with Crippen molar-refractivity contribution in [1.82, 2.24) is 9.88 Å². The van der Waals surface area contributed by atoms with Gasteiger partial charge in [0.15, 0.2) is 0 Å². The van der Waals surface area contributed by atoms with E-state index in [-0.39, 0.29) is 9.92 Å². The van der Waals surface area contributed by atoms with Gasteiger partial charge in [-0.05, 0) is 43.3 Å². The number of fused-ring (bicyclic) bond motifs is 2. The number of halogens is 1. The predicted octanol–water partition coefficient (Wildman–Crippen LogP) is 5.31. The zero-order valence-electron chi connectivity index (χ0n) is 16.8. The minimum absolute atomic E-state index is 0.191. The normalized spacial score (nSPS) is 18.7. The monoisotopic (exact) mass is 467 g/mol. The number of carbonyl (C=O) groups is 2. The summed E-state index contributed by atoms with van der Waals surface area (Å²) in [6, 6.07) is 14.1. The molecule has 1 unspecified atom stereocenters. The van der Waals surface area contributed by atoms with Crippen LogP contribution in [0, 0.1) is 0 Å². The van der Waals surface area contributed by atoms with Gasteiger partial charge in [0, 0.05) is 18.0 Å². The summed E-state index contributed by atoms with van der Waals surface area (Å²) in [6.07, 6.45) is 4.78. The fourth-order valence-electron chi connectivity index (χ4n) is 4.14. The Balaban J connectivity index is 1.69. The van der Waals surface area contributed by atoms with Crippen molar-refractivity contribution in [3.05, 3.63) is 94.4 Å². The van der Waals surface area contributed by atoms with Crippen molar-refractivity contribution in [2.24, 2.45) is 0 Å². The highest BCUT2D eigenvalue weighted by atomic mass is 35.5. The van der Waals surface area contributed by atoms with E-state index in [1.165, 1.54) is 16.7 Å². The van der Waals surface area contributed by atoms with E-state index >= 15 is 0 Å². The molecule has 0 spiro atoms. The summed E-state index contributed by atoms with van der Waals surface area (Å²) in [4.78, 5) is 31.6. The first-order valence-corrected chi connectivity index (χ1v) is 11.7. The van der Waals surface area contributed by atoms with Crippen LogP contribution in [0.4, 0.5) is 5.69 Å². The summed E-state index contributed by atoms with van der Waals surface area (Å²) in [5.74, 6) is -0.857. The number of aromatic nitrogens is 1. The third-order valence-electron chi connectivity index (χ3n) is 5.60. The molecule has 162 valence electrons. The van der Waals surface area contributed by atoms with Gasteiger partial charge >= 0.3 is 0 Å². The highest BCUT2D eigenvalue weighted by molar-refractivity contribution is 8.25. The third kappa shape index (κ3) is 2.96. The van der Waals surface area contributed by atoms with Gasteiger partial charge in [-0.15, -0.1) is 0 Å². The van der Waals surface area contributed by atoms with Crippen molar-refractivity contribution < 1.29 is 18.7 Å². The lowest BCUT2D eigenvalue weighted by atomic mass is 10.1. The van der Waals surface area contributed by atoms with Crippen LogP contribution in [0.5, 0.6) is 0 Å². The van der Waals surface area contributed by atoms with Crippen molar-refractivity contribution >= 4 is 46.0 Å². The molecular weight excluding hydrogens is 450 g/mol. The maximum Gasteiger partial charge on any atom is 0.262 e. The van der Waals surface area contributed by atoms with Gasteiger partial charge in [-0.2, -0.15) is 0 Å². The van der Waals surface area contributed by atoms with E-state index in [0.717, 1.165) is 4.90 Å². The van der Waals surface area contributed by atoms with Gasteiger partial charge < -0.3 is 0 Å². The first-order chi connectivity index (χ1) is 15.3. The minimum atomic E-state index is -3.64. The molecule has 1 aromatic heterocycles. The molecule has 0 saturated carbocycles. The Morgan fingerprint density at radius 3 is 2.19 bits per heavy atom. The molecule has 0 bridgehead atoms. The van der Waals surface area contributed by atoms with E-state index in [4.69, 9.17) is 11.6 Å². The summed E-state index contributed by atoms with van der Waals surface area (Å²) in [5, 5.41) is 0.213. The zero-order valence-corrected chi connectivity index (χ0v) is 18.4. The second-order valence-corrected chi connectivity index (χ2v) is 9.67. The van der Waals surface area contributed by atoms with Crippen LogP contribution in [0.15, 0.2) is 77.6 Å². The Morgan fingerprint density at radius 1 is 0.938 bits per heavy atom. The van der Waals surface area contributed by atoms with Crippen LogP contribution >= 0.6 is 22.4 Å². The highest BCUT2D eigenvalue weighted by Gasteiger charge is 2.44. The quantitative estimate of drug-likeness (QED) is 0.507. The molecule has 7 nitrogen and oxygen atoms in total. The summed E-state index contributed by atoms with van der Waals surface area (Å²) < 4.78 is 24.2. The van der Waals surface area contributed by atoms with Gasteiger partial charge in [-0.1, -0.05) is 46.6 Å². The van der Waals surface area contributed by atoms with Gasteiger partial charge in [-0.3, -0.25) is 28.6 Å². The first-order valence-electron chi connectivity index (χ1n) is 9.78. The molecule has 9 heteroatoms. The fourth-order valence-corrected chi connectivity index (χ4v) is 6.50. The maximum atomic E-state index is 13.1. The van der Waals surface area contributed by atoms with Gasteiger partial charge in [-0.25, -0.2) is 4.31 Å². The number of anilines is 1. The van der Waals surface area contributed by atoms with Crippen LogP contribution in [0.25, 0.3) is 6.08 Å².